The van der Waals surface area contributed by atoms with E-state index in [9.17, 15) is 23.2 Å². The normalized spacial score (nSPS) is 16.3. The minimum atomic E-state index is -1.35. The first kappa shape index (κ1) is 20.2. The molecule has 2 amide bonds. The number of carbonyl (C=O) groups excluding carboxylic acids is 3. The number of halogens is 2. The van der Waals surface area contributed by atoms with Crippen molar-refractivity contribution in [3.8, 4) is 5.75 Å². The molecule has 0 spiro atoms. The Balaban J connectivity index is 1.68. The Morgan fingerprint density at radius 2 is 1.79 bits per heavy atom. The molecule has 3 rings (SSSR count). The maximum Gasteiger partial charge on any atom is 0.350 e. The van der Waals surface area contributed by atoms with Gasteiger partial charge in [0, 0.05) is 6.92 Å². The highest BCUT2D eigenvalue weighted by Crippen LogP contribution is 2.33. The quantitative estimate of drug-likeness (QED) is 0.792. The first-order chi connectivity index (χ1) is 13.8. The van der Waals surface area contributed by atoms with Crippen molar-refractivity contribution in [2.75, 3.05) is 16.8 Å². The van der Waals surface area contributed by atoms with E-state index < -0.39 is 41.4 Å². The zero-order chi connectivity index (χ0) is 21.1. The molecule has 9 heteroatoms. The molecule has 1 aliphatic heterocycles. The lowest BCUT2D eigenvalue weighted by molar-refractivity contribution is -0.160. The molecule has 2 atom stereocenters. The van der Waals surface area contributed by atoms with Crippen molar-refractivity contribution in [1.29, 1.82) is 0 Å². The summed E-state index contributed by atoms with van der Waals surface area (Å²) >= 11 is 0. The lowest BCUT2D eigenvalue weighted by atomic mass is 10.2. The molecule has 0 bridgehead atoms. The fourth-order valence-corrected chi connectivity index (χ4v) is 2.80. The van der Waals surface area contributed by atoms with Crippen molar-refractivity contribution in [2.24, 2.45) is 0 Å². The Bertz CT molecular complexity index is 945. The highest BCUT2D eigenvalue weighted by atomic mass is 19.1. The van der Waals surface area contributed by atoms with Gasteiger partial charge < -0.3 is 19.7 Å². The van der Waals surface area contributed by atoms with E-state index in [1.54, 1.807) is 24.3 Å². The van der Waals surface area contributed by atoms with Crippen LogP contribution in [0.4, 0.5) is 20.2 Å². The molecule has 2 aromatic rings. The topological polar surface area (TPSA) is 84.9 Å². The van der Waals surface area contributed by atoms with Gasteiger partial charge in [-0.15, -0.1) is 0 Å². The summed E-state index contributed by atoms with van der Waals surface area (Å²) in [4.78, 5) is 37.9. The molecule has 7 nitrogen and oxygen atoms in total. The number of ether oxygens (including phenoxy) is 2. The summed E-state index contributed by atoms with van der Waals surface area (Å²) in [5.41, 5.74) is -0.115. The largest absolute Gasteiger partial charge is 0.475 e. The van der Waals surface area contributed by atoms with Crippen LogP contribution < -0.4 is 15.0 Å². The van der Waals surface area contributed by atoms with Gasteiger partial charge in [0.25, 0.3) is 5.91 Å². The van der Waals surface area contributed by atoms with Crippen molar-refractivity contribution in [3.05, 3.63) is 54.1 Å². The number of fused-ring (bicyclic) bond motifs is 1. The summed E-state index contributed by atoms with van der Waals surface area (Å²) in [5.74, 6) is -3.69. The number of hydrogen-bond donors (Lipinski definition) is 1. The molecule has 0 radical (unpaired) electrons. The number of anilines is 2. The van der Waals surface area contributed by atoms with E-state index in [2.05, 4.69) is 5.32 Å². The number of nitrogens with zero attached hydrogens (tertiary/aromatic N) is 1. The van der Waals surface area contributed by atoms with Crippen LogP contribution >= 0.6 is 0 Å². The van der Waals surface area contributed by atoms with Gasteiger partial charge in [0.15, 0.2) is 6.10 Å². The number of para-hydroxylation sites is 3. The molecule has 1 aliphatic rings. The van der Waals surface area contributed by atoms with Crippen molar-refractivity contribution in [3.63, 3.8) is 0 Å². The number of rotatable bonds is 4. The second-order valence-electron chi connectivity index (χ2n) is 6.37. The van der Waals surface area contributed by atoms with E-state index in [1.165, 1.54) is 18.7 Å². The Morgan fingerprint density at radius 3 is 2.45 bits per heavy atom. The van der Waals surface area contributed by atoms with E-state index in [-0.39, 0.29) is 12.5 Å². The van der Waals surface area contributed by atoms with Crippen molar-refractivity contribution in [2.45, 2.75) is 26.1 Å². The number of carbonyl (C=O) groups is 3. The summed E-state index contributed by atoms with van der Waals surface area (Å²) in [7, 11) is 0. The summed E-state index contributed by atoms with van der Waals surface area (Å²) in [6, 6.07) is 9.81. The third-order valence-electron chi connectivity index (χ3n) is 4.29. The van der Waals surface area contributed by atoms with Gasteiger partial charge in [0.05, 0.1) is 12.2 Å². The van der Waals surface area contributed by atoms with Crippen LogP contribution in [0.5, 0.6) is 5.75 Å². The lowest BCUT2D eigenvalue weighted by Crippen LogP contribution is -2.48. The van der Waals surface area contributed by atoms with Gasteiger partial charge in [0.1, 0.15) is 23.1 Å². The van der Waals surface area contributed by atoms with Gasteiger partial charge in [-0.3, -0.25) is 9.59 Å². The maximum absolute atomic E-state index is 13.7. The molecule has 0 aromatic heterocycles. The minimum absolute atomic E-state index is 0.0958. The molecule has 152 valence electrons. The average molecular weight is 404 g/mol. The van der Waals surface area contributed by atoms with E-state index in [1.807, 2.05) is 0 Å². The van der Waals surface area contributed by atoms with E-state index in [0.29, 0.717) is 11.4 Å². The van der Waals surface area contributed by atoms with E-state index in [0.717, 1.165) is 18.2 Å². The summed E-state index contributed by atoms with van der Waals surface area (Å²) in [6.07, 6.45) is -2.51. The summed E-state index contributed by atoms with van der Waals surface area (Å²) < 4.78 is 38.0. The third kappa shape index (κ3) is 4.34. The highest BCUT2D eigenvalue weighted by molar-refractivity contribution is 5.97. The number of esters is 1. The summed E-state index contributed by atoms with van der Waals surface area (Å²) in [5, 5.41) is 2.06. The van der Waals surface area contributed by atoms with Gasteiger partial charge in [-0.1, -0.05) is 18.2 Å². The molecule has 0 saturated carbocycles. The van der Waals surface area contributed by atoms with Gasteiger partial charge >= 0.3 is 5.97 Å². The highest BCUT2D eigenvalue weighted by Gasteiger charge is 2.35. The Hall–Kier alpha value is -3.49. The SMILES string of the molecule is CC(=O)N1C[C@H](C(=O)O[C@@H](C)C(=O)Nc2c(F)cccc2F)Oc2ccccc21. The van der Waals surface area contributed by atoms with Gasteiger partial charge in [-0.05, 0) is 31.2 Å². The van der Waals surface area contributed by atoms with Crippen LogP contribution in [0.3, 0.4) is 0 Å². The molecule has 1 N–H and O–H groups in total. The third-order valence-corrected chi connectivity index (χ3v) is 4.29. The van der Waals surface area contributed by atoms with Crippen molar-refractivity contribution in [1.82, 2.24) is 0 Å². The standard InChI is InChI=1S/C20H18F2N2O5/c1-11(19(26)23-18-13(21)6-5-7-14(18)22)28-20(27)17-10-24(12(2)25)15-8-3-4-9-16(15)29-17/h3-9,11,17H,10H2,1-2H3,(H,23,26)/t11-,17+/m0/s1. The minimum Gasteiger partial charge on any atom is -0.475 e. The van der Waals surface area contributed by atoms with Crippen LogP contribution in [0.2, 0.25) is 0 Å². The monoisotopic (exact) mass is 404 g/mol. The molecule has 29 heavy (non-hydrogen) atoms. The smallest absolute Gasteiger partial charge is 0.350 e. The van der Waals surface area contributed by atoms with E-state index >= 15 is 0 Å². The zero-order valence-corrected chi connectivity index (χ0v) is 15.6. The van der Waals surface area contributed by atoms with Gasteiger partial charge in [-0.2, -0.15) is 0 Å². The van der Waals surface area contributed by atoms with Crippen LogP contribution in [-0.2, 0) is 19.1 Å². The first-order valence-corrected chi connectivity index (χ1v) is 8.77. The Labute approximate surface area is 165 Å². The van der Waals surface area contributed by atoms with Crippen molar-refractivity contribution >= 4 is 29.2 Å². The summed E-state index contributed by atoms with van der Waals surface area (Å²) in [6.45, 7) is 2.51. The van der Waals surface area contributed by atoms with Crippen LogP contribution in [0.15, 0.2) is 42.5 Å². The number of hydrogen-bond acceptors (Lipinski definition) is 5. The van der Waals surface area contributed by atoms with Crippen LogP contribution in [0.1, 0.15) is 13.8 Å². The second-order valence-corrected chi connectivity index (χ2v) is 6.37. The van der Waals surface area contributed by atoms with Gasteiger partial charge in [-0.25, -0.2) is 13.6 Å². The average Bonchev–Trinajstić information content (AvgIpc) is 2.69. The fraction of sp³-hybridized carbons (Fsp3) is 0.250. The number of nitrogens with one attached hydrogen (secondary N) is 1. The molecule has 0 unspecified atom stereocenters. The number of benzene rings is 2. The predicted molar refractivity (Wildman–Crippen MR) is 99.4 cm³/mol. The van der Waals surface area contributed by atoms with Gasteiger partial charge in [0.2, 0.25) is 12.0 Å². The van der Waals surface area contributed by atoms with Crippen LogP contribution in [-0.4, -0.2) is 36.5 Å². The Kier molecular flexibility index (Phi) is 5.76. The van der Waals surface area contributed by atoms with Crippen LogP contribution in [0.25, 0.3) is 0 Å². The lowest BCUT2D eigenvalue weighted by Gasteiger charge is -2.33. The molecule has 1 heterocycles. The molecule has 0 fully saturated rings. The maximum atomic E-state index is 13.7. The first-order valence-electron chi connectivity index (χ1n) is 8.77. The molecular formula is C20H18F2N2O5. The van der Waals surface area contributed by atoms with E-state index in [4.69, 9.17) is 9.47 Å². The molecule has 0 saturated heterocycles. The molecular weight excluding hydrogens is 386 g/mol. The second kappa shape index (κ2) is 8.26. The fourth-order valence-electron chi connectivity index (χ4n) is 2.80. The number of amides is 2. The molecule has 0 aliphatic carbocycles. The zero-order valence-electron chi connectivity index (χ0n) is 15.6. The Morgan fingerprint density at radius 1 is 1.14 bits per heavy atom. The molecule has 2 aromatic carbocycles. The van der Waals surface area contributed by atoms with Crippen molar-refractivity contribution < 1.29 is 32.6 Å². The predicted octanol–water partition coefficient (Wildman–Crippen LogP) is 2.65. The van der Waals surface area contributed by atoms with Crippen LogP contribution in [0, 0.1) is 11.6 Å².